The van der Waals surface area contributed by atoms with Crippen molar-refractivity contribution in [1.82, 2.24) is 9.55 Å². The minimum atomic E-state index is -0.0584. The fourth-order valence-electron chi connectivity index (χ4n) is 0.760. The van der Waals surface area contributed by atoms with Gasteiger partial charge in [-0.05, 0) is 47.8 Å². The lowest BCUT2D eigenvalue weighted by Crippen LogP contribution is -2.08. The van der Waals surface area contributed by atoms with E-state index in [2.05, 4.69) is 52.8 Å². The Balaban J connectivity index is 3.00. The van der Waals surface area contributed by atoms with Crippen molar-refractivity contribution in [3.63, 3.8) is 0 Å². The van der Waals surface area contributed by atoms with Gasteiger partial charge in [-0.25, -0.2) is 9.55 Å². The van der Waals surface area contributed by atoms with E-state index in [-0.39, 0.29) is 10.5 Å². The first-order valence-electron chi connectivity index (χ1n) is 3.73. The summed E-state index contributed by atoms with van der Waals surface area (Å²) in [7, 11) is 0. The van der Waals surface area contributed by atoms with Crippen LogP contribution >= 0.6 is 59.6 Å². The van der Waals surface area contributed by atoms with E-state index in [1.54, 1.807) is 0 Å². The summed E-state index contributed by atoms with van der Waals surface area (Å²) in [5.74, 6) is 0. The minimum Gasteiger partial charge on any atom is -0.261 e. The van der Waals surface area contributed by atoms with Crippen LogP contribution in [-0.4, -0.2) is 20.0 Å². The molecule has 0 atom stereocenters. The van der Waals surface area contributed by atoms with E-state index >= 15 is 0 Å². The number of carbonyl (C=O) groups is 1. The fourth-order valence-corrected chi connectivity index (χ4v) is 3.44. The lowest BCUT2D eigenvalue weighted by atomic mass is 10.6. The van der Waals surface area contributed by atoms with E-state index in [0.29, 0.717) is 13.9 Å². The average molecular weight is 407 g/mol. The predicted octanol–water partition coefficient (Wildman–Crippen LogP) is 4.28. The molecule has 0 N–H and O–H groups in total. The lowest BCUT2D eigenvalue weighted by Gasteiger charge is -2.05. The number of carbonyl (C=O) groups excluding carboxylic acids is 1. The largest absolute Gasteiger partial charge is 0.293 e. The van der Waals surface area contributed by atoms with Crippen LogP contribution in [0, 0.1) is 0 Å². The molecule has 0 saturated carbocycles. The molecule has 0 radical (unpaired) electrons. The van der Waals surface area contributed by atoms with Crippen molar-refractivity contribution in [3.05, 3.63) is 13.9 Å². The second-order valence-corrected chi connectivity index (χ2v) is 6.47. The highest BCUT2D eigenvalue weighted by atomic mass is 79.9. The topological polar surface area (TPSA) is 34.9 Å². The third kappa shape index (κ3) is 2.84. The molecule has 0 saturated heterocycles. The number of aromatic nitrogens is 2. The highest BCUT2D eigenvalue weighted by Gasteiger charge is 2.18. The van der Waals surface area contributed by atoms with Crippen LogP contribution in [0.25, 0.3) is 0 Å². The van der Waals surface area contributed by atoms with E-state index in [4.69, 9.17) is 0 Å². The van der Waals surface area contributed by atoms with Gasteiger partial charge in [-0.15, -0.1) is 0 Å². The average Bonchev–Trinajstić information content (AvgIpc) is 2.25. The van der Waals surface area contributed by atoms with Gasteiger partial charge in [0, 0.05) is 5.25 Å². The number of rotatable bonds is 1. The molecule has 0 aromatic carbocycles. The van der Waals surface area contributed by atoms with Gasteiger partial charge in [0.15, 0.2) is 4.73 Å². The molecule has 0 aliphatic heterocycles. The summed E-state index contributed by atoms with van der Waals surface area (Å²) in [5.41, 5.74) is 0. The Morgan fingerprint density at radius 1 is 1.43 bits per heavy atom. The van der Waals surface area contributed by atoms with Gasteiger partial charge >= 0.3 is 0 Å². The van der Waals surface area contributed by atoms with E-state index < -0.39 is 0 Å². The molecule has 1 heterocycles. The first kappa shape index (κ1) is 12.7. The third-order valence-corrected chi connectivity index (χ3v) is 4.46. The maximum absolute atomic E-state index is 11.7. The molecule has 1 aromatic heterocycles. The highest BCUT2D eigenvalue weighted by Crippen LogP contribution is 2.29. The van der Waals surface area contributed by atoms with E-state index in [9.17, 15) is 4.79 Å². The van der Waals surface area contributed by atoms with Crippen molar-refractivity contribution in [3.8, 4) is 0 Å². The summed E-state index contributed by atoms with van der Waals surface area (Å²) in [6, 6.07) is 0. The molecule has 1 aromatic rings. The fraction of sp³-hybridized carbons (Fsp3) is 0.429. The number of hydrogen-bond donors (Lipinski definition) is 0. The standard InChI is InChI=1S/C7H7Br3N2OS/c1-3(2)14-7(13)12-5(9)4(8)11-6(12)10/h3H,1-2H3. The zero-order valence-electron chi connectivity index (χ0n) is 7.42. The van der Waals surface area contributed by atoms with Crippen LogP contribution in [0.4, 0.5) is 4.79 Å². The van der Waals surface area contributed by atoms with Crippen LogP contribution < -0.4 is 0 Å². The van der Waals surface area contributed by atoms with Gasteiger partial charge < -0.3 is 0 Å². The van der Waals surface area contributed by atoms with Crippen LogP contribution in [0.1, 0.15) is 13.8 Å². The van der Waals surface area contributed by atoms with Crippen LogP contribution in [0.2, 0.25) is 0 Å². The molecule has 0 fully saturated rings. The molecule has 0 aliphatic rings. The molecule has 0 bridgehead atoms. The lowest BCUT2D eigenvalue weighted by molar-refractivity contribution is 0.261. The van der Waals surface area contributed by atoms with E-state index in [1.165, 1.54) is 16.3 Å². The molecule has 0 spiro atoms. The van der Waals surface area contributed by atoms with Crippen molar-refractivity contribution in [2.24, 2.45) is 0 Å². The molecule has 0 amide bonds. The molecule has 1 rings (SSSR count). The van der Waals surface area contributed by atoms with Crippen LogP contribution in [-0.2, 0) is 0 Å². The van der Waals surface area contributed by atoms with Crippen molar-refractivity contribution in [2.75, 3.05) is 0 Å². The summed E-state index contributed by atoms with van der Waals surface area (Å²) in [4.78, 5) is 15.8. The van der Waals surface area contributed by atoms with Crippen molar-refractivity contribution in [2.45, 2.75) is 19.1 Å². The number of hydrogen-bond acceptors (Lipinski definition) is 3. The number of imidazole rings is 1. The molecule has 0 aliphatic carbocycles. The summed E-state index contributed by atoms with van der Waals surface area (Å²) in [6.07, 6.45) is 0. The Bertz CT molecular complexity index is 364. The summed E-state index contributed by atoms with van der Waals surface area (Å²) in [6.45, 7) is 3.94. The molecule has 0 unspecified atom stereocenters. The maximum Gasteiger partial charge on any atom is 0.293 e. The molecular weight excluding hydrogens is 400 g/mol. The Morgan fingerprint density at radius 2 is 2.00 bits per heavy atom. The van der Waals surface area contributed by atoms with Gasteiger partial charge in [0.05, 0.1) is 0 Å². The summed E-state index contributed by atoms with van der Waals surface area (Å²) in [5, 5.41) is 0.194. The zero-order valence-corrected chi connectivity index (χ0v) is 13.0. The Kier molecular flexibility index (Phi) is 4.67. The second kappa shape index (κ2) is 5.14. The SMILES string of the molecule is CC(C)SC(=O)n1c(Br)nc(Br)c1Br. The van der Waals surface area contributed by atoms with Gasteiger partial charge in [-0.2, -0.15) is 0 Å². The molecule has 14 heavy (non-hydrogen) atoms. The van der Waals surface area contributed by atoms with Gasteiger partial charge in [-0.1, -0.05) is 25.6 Å². The van der Waals surface area contributed by atoms with E-state index in [1.807, 2.05) is 13.8 Å². The minimum absolute atomic E-state index is 0.0584. The normalized spacial score (nSPS) is 11.0. The predicted molar refractivity (Wildman–Crippen MR) is 68.8 cm³/mol. The molecule has 7 heteroatoms. The van der Waals surface area contributed by atoms with Gasteiger partial charge in [-0.3, -0.25) is 4.79 Å². The first-order chi connectivity index (χ1) is 6.43. The number of halogens is 3. The molecule has 3 nitrogen and oxygen atoms in total. The van der Waals surface area contributed by atoms with Crippen molar-refractivity contribution < 1.29 is 4.79 Å². The zero-order chi connectivity index (χ0) is 10.9. The van der Waals surface area contributed by atoms with Crippen molar-refractivity contribution in [1.29, 1.82) is 0 Å². The van der Waals surface area contributed by atoms with Crippen LogP contribution in [0.15, 0.2) is 13.9 Å². The summed E-state index contributed by atoms with van der Waals surface area (Å²) < 4.78 is 3.20. The first-order valence-corrected chi connectivity index (χ1v) is 6.99. The van der Waals surface area contributed by atoms with Crippen LogP contribution in [0.3, 0.4) is 0 Å². The quantitative estimate of drug-likeness (QED) is 0.698. The number of nitrogens with zero attached hydrogens (tertiary/aromatic N) is 2. The Hall–Kier alpha value is 0.670. The van der Waals surface area contributed by atoms with Gasteiger partial charge in [0.25, 0.3) is 5.24 Å². The number of thioether (sulfide) groups is 1. The maximum atomic E-state index is 11.7. The van der Waals surface area contributed by atoms with Gasteiger partial charge in [0.2, 0.25) is 0 Å². The second-order valence-electron chi connectivity index (χ2n) is 2.73. The summed E-state index contributed by atoms with van der Waals surface area (Å²) >= 11 is 11.0. The molecular formula is C7H7Br3N2OS. The third-order valence-electron chi connectivity index (χ3n) is 1.26. The molecule has 78 valence electrons. The van der Waals surface area contributed by atoms with Crippen LogP contribution in [0.5, 0.6) is 0 Å². The Morgan fingerprint density at radius 3 is 2.36 bits per heavy atom. The van der Waals surface area contributed by atoms with Gasteiger partial charge in [0.1, 0.15) is 9.21 Å². The highest BCUT2D eigenvalue weighted by molar-refractivity contribution is 9.13. The monoisotopic (exact) mass is 404 g/mol. The smallest absolute Gasteiger partial charge is 0.261 e. The van der Waals surface area contributed by atoms with E-state index in [0.717, 1.165) is 0 Å². The van der Waals surface area contributed by atoms with Crippen molar-refractivity contribution >= 4 is 64.8 Å². The Labute approximate surface area is 111 Å².